The Balaban J connectivity index is 1.52. The van der Waals surface area contributed by atoms with Crippen LogP contribution in [0, 0.1) is 6.92 Å². The molecule has 0 saturated carbocycles. The molecule has 7 heteroatoms. The SMILES string of the molecule is COc1cccc(NC(=O)Cc2csc(COc3ccc(C)nc3)n2)c1. The summed E-state index contributed by atoms with van der Waals surface area (Å²) in [5, 5.41) is 5.53. The summed E-state index contributed by atoms with van der Waals surface area (Å²) < 4.78 is 10.8. The van der Waals surface area contributed by atoms with E-state index in [-0.39, 0.29) is 12.3 Å². The second kappa shape index (κ2) is 8.44. The highest BCUT2D eigenvalue weighted by Gasteiger charge is 2.09. The molecular weight excluding hydrogens is 350 g/mol. The Morgan fingerprint density at radius 2 is 2.12 bits per heavy atom. The van der Waals surface area contributed by atoms with E-state index in [1.807, 2.05) is 42.6 Å². The molecule has 134 valence electrons. The molecule has 0 aliphatic carbocycles. The number of nitrogens with zero attached hydrogens (tertiary/aromatic N) is 2. The Kier molecular flexibility index (Phi) is 5.80. The van der Waals surface area contributed by atoms with E-state index in [1.54, 1.807) is 19.4 Å². The van der Waals surface area contributed by atoms with Crippen LogP contribution in [0.25, 0.3) is 0 Å². The van der Waals surface area contributed by atoms with Crippen molar-refractivity contribution in [2.24, 2.45) is 0 Å². The van der Waals surface area contributed by atoms with Crippen molar-refractivity contribution >= 4 is 22.9 Å². The van der Waals surface area contributed by atoms with Crippen molar-refractivity contribution in [3.05, 3.63) is 64.4 Å². The predicted molar refractivity (Wildman–Crippen MR) is 101 cm³/mol. The Morgan fingerprint density at radius 3 is 2.88 bits per heavy atom. The molecule has 0 aliphatic heterocycles. The number of aryl methyl sites for hydroxylation is 1. The number of methoxy groups -OCH3 is 1. The van der Waals surface area contributed by atoms with Crippen molar-refractivity contribution in [1.29, 1.82) is 0 Å². The van der Waals surface area contributed by atoms with E-state index >= 15 is 0 Å². The maximum absolute atomic E-state index is 12.2. The Hall–Kier alpha value is -2.93. The van der Waals surface area contributed by atoms with Gasteiger partial charge in [-0.2, -0.15) is 0 Å². The maximum Gasteiger partial charge on any atom is 0.230 e. The standard InChI is InChI=1S/C19H19N3O3S/c1-13-6-7-17(10-20-13)25-11-19-22-15(12-26-19)9-18(23)21-14-4-3-5-16(8-14)24-2/h3-8,10,12H,9,11H2,1-2H3,(H,21,23). The third kappa shape index (κ3) is 5.03. The van der Waals surface area contributed by atoms with E-state index < -0.39 is 0 Å². The summed E-state index contributed by atoms with van der Waals surface area (Å²) in [6.45, 7) is 2.28. The molecule has 0 spiro atoms. The molecule has 6 nitrogen and oxygen atoms in total. The number of carbonyl (C=O) groups is 1. The van der Waals surface area contributed by atoms with Gasteiger partial charge in [-0.15, -0.1) is 11.3 Å². The van der Waals surface area contributed by atoms with Crippen molar-refractivity contribution in [2.45, 2.75) is 20.0 Å². The molecular formula is C19H19N3O3S. The summed E-state index contributed by atoms with van der Waals surface area (Å²) >= 11 is 1.47. The van der Waals surface area contributed by atoms with Crippen LogP contribution in [-0.2, 0) is 17.8 Å². The second-order valence-corrected chi connectivity index (χ2v) is 6.56. The number of ether oxygens (including phenoxy) is 2. The molecule has 0 fully saturated rings. The number of thiazole rings is 1. The molecule has 26 heavy (non-hydrogen) atoms. The van der Waals surface area contributed by atoms with Gasteiger partial charge in [0, 0.05) is 22.8 Å². The van der Waals surface area contributed by atoms with Gasteiger partial charge in [0.15, 0.2) is 0 Å². The summed E-state index contributed by atoms with van der Waals surface area (Å²) in [6.07, 6.45) is 1.89. The van der Waals surface area contributed by atoms with Crippen LogP contribution in [0.15, 0.2) is 48.0 Å². The zero-order valence-corrected chi connectivity index (χ0v) is 15.4. The maximum atomic E-state index is 12.2. The van der Waals surface area contributed by atoms with Gasteiger partial charge in [-0.25, -0.2) is 4.98 Å². The smallest absolute Gasteiger partial charge is 0.230 e. The number of carbonyl (C=O) groups excluding carboxylic acids is 1. The molecule has 1 amide bonds. The molecule has 3 rings (SSSR count). The van der Waals surface area contributed by atoms with Crippen LogP contribution in [0.1, 0.15) is 16.4 Å². The van der Waals surface area contributed by atoms with Crippen molar-refractivity contribution in [1.82, 2.24) is 9.97 Å². The predicted octanol–water partition coefficient (Wildman–Crippen LogP) is 3.62. The van der Waals surface area contributed by atoms with Gasteiger partial charge in [-0.05, 0) is 31.2 Å². The lowest BCUT2D eigenvalue weighted by Gasteiger charge is -2.06. The highest BCUT2D eigenvalue weighted by atomic mass is 32.1. The lowest BCUT2D eigenvalue weighted by Crippen LogP contribution is -2.14. The number of rotatable bonds is 7. The van der Waals surface area contributed by atoms with Crippen molar-refractivity contribution in [2.75, 3.05) is 12.4 Å². The van der Waals surface area contributed by atoms with Gasteiger partial charge in [-0.3, -0.25) is 9.78 Å². The van der Waals surface area contributed by atoms with Crippen LogP contribution in [0.2, 0.25) is 0 Å². The van der Waals surface area contributed by atoms with Crippen LogP contribution in [0.3, 0.4) is 0 Å². The quantitative estimate of drug-likeness (QED) is 0.689. The number of anilines is 1. The first-order valence-corrected chi connectivity index (χ1v) is 8.93. The minimum absolute atomic E-state index is 0.126. The molecule has 0 bridgehead atoms. The zero-order chi connectivity index (χ0) is 18.4. The number of hydrogen-bond acceptors (Lipinski definition) is 6. The molecule has 2 aromatic heterocycles. The molecule has 0 aliphatic rings. The molecule has 1 aromatic carbocycles. The van der Waals surface area contributed by atoms with Crippen LogP contribution < -0.4 is 14.8 Å². The number of pyridine rings is 1. The largest absolute Gasteiger partial charge is 0.497 e. The van der Waals surface area contributed by atoms with Gasteiger partial charge < -0.3 is 14.8 Å². The fourth-order valence-corrected chi connectivity index (χ4v) is 2.96. The Morgan fingerprint density at radius 1 is 1.23 bits per heavy atom. The molecule has 2 heterocycles. The number of amides is 1. The fraction of sp³-hybridized carbons (Fsp3) is 0.211. The lowest BCUT2D eigenvalue weighted by molar-refractivity contribution is -0.115. The Labute approximate surface area is 155 Å². The third-order valence-electron chi connectivity index (χ3n) is 3.54. The highest BCUT2D eigenvalue weighted by Crippen LogP contribution is 2.18. The third-order valence-corrected chi connectivity index (χ3v) is 4.41. The van der Waals surface area contributed by atoms with E-state index in [2.05, 4.69) is 15.3 Å². The average Bonchev–Trinajstić information content (AvgIpc) is 3.08. The number of nitrogens with one attached hydrogen (secondary N) is 1. The van der Waals surface area contributed by atoms with Crippen LogP contribution in [0.5, 0.6) is 11.5 Å². The summed E-state index contributed by atoms with van der Waals surface area (Å²) in [4.78, 5) is 20.8. The van der Waals surface area contributed by atoms with Crippen molar-refractivity contribution in [3.8, 4) is 11.5 Å². The normalized spacial score (nSPS) is 10.4. The molecule has 0 atom stereocenters. The van der Waals surface area contributed by atoms with Gasteiger partial charge in [-0.1, -0.05) is 6.07 Å². The summed E-state index contributed by atoms with van der Waals surface area (Å²) in [5.41, 5.74) is 2.35. The fourth-order valence-electron chi connectivity index (χ4n) is 2.25. The molecule has 1 N–H and O–H groups in total. The minimum atomic E-state index is -0.126. The van der Waals surface area contributed by atoms with E-state index in [1.165, 1.54) is 11.3 Å². The van der Waals surface area contributed by atoms with Crippen molar-refractivity contribution in [3.63, 3.8) is 0 Å². The summed E-state index contributed by atoms with van der Waals surface area (Å²) in [6, 6.07) is 11.0. The highest BCUT2D eigenvalue weighted by molar-refractivity contribution is 7.09. The first kappa shape index (κ1) is 17.9. The van der Waals surface area contributed by atoms with E-state index in [0.717, 1.165) is 16.4 Å². The van der Waals surface area contributed by atoms with E-state index in [0.29, 0.717) is 23.8 Å². The number of hydrogen-bond donors (Lipinski definition) is 1. The van der Waals surface area contributed by atoms with Gasteiger partial charge in [0.05, 0.1) is 25.4 Å². The molecule has 0 radical (unpaired) electrons. The van der Waals surface area contributed by atoms with Crippen LogP contribution in [-0.4, -0.2) is 23.0 Å². The lowest BCUT2D eigenvalue weighted by atomic mass is 10.2. The van der Waals surface area contributed by atoms with Gasteiger partial charge >= 0.3 is 0 Å². The first-order valence-electron chi connectivity index (χ1n) is 8.05. The topological polar surface area (TPSA) is 73.3 Å². The van der Waals surface area contributed by atoms with Crippen molar-refractivity contribution < 1.29 is 14.3 Å². The monoisotopic (exact) mass is 369 g/mol. The van der Waals surface area contributed by atoms with Gasteiger partial charge in [0.1, 0.15) is 23.1 Å². The number of aromatic nitrogens is 2. The van der Waals surface area contributed by atoms with Crippen LogP contribution in [0.4, 0.5) is 5.69 Å². The second-order valence-electron chi connectivity index (χ2n) is 5.61. The molecule has 3 aromatic rings. The zero-order valence-electron chi connectivity index (χ0n) is 14.6. The van der Waals surface area contributed by atoms with E-state index in [4.69, 9.17) is 9.47 Å². The first-order chi connectivity index (χ1) is 12.6. The average molecular weight is 369 g/mol. The van der Waals surface area contributed by atoms with Crippen LogP contribution >= 0.6 is 11.3 Å². The van der Waals surface area contributed by atoms with Gasteiger partial charge in [0.25, 0.3) is 0 Å². The number of benzene rings is 1. The molecule has 0 unspecified atom stereocenters. The van der Waals surface area contributed by atoms with E-state index in [9.17, 15) is 4.79 Å². The summed E-state index contributed by atoms with van der Waals surface area (Å²) in [7, 11) is 1.59. The summed E-state index contributed by atoms with van der Waals surface area (Å²) in [5.74, 6) is 1.27. The minimum Gasteiger partial charge on any atom is -0.497 e. The van der Waals surface area contributed by atoms with Gasteiger partial charge in [0.2, 0.25) is 5.91 Å². The Bertz CT molecular complexity index is 878. The molecule has 0 saturated heterocycles.